The molecule has 2 rings (SSSR count). The van der Waals surface area contributed by atoms with E-state index >= 15 is 0 Å². The summed E-state index contributed by atoms with van der Waals surface area (Å²) < 4.78 is 1.04. The minimum absolute atomic E-state index is 0.271. The summed E-state index contributed by atoms with van der Waals surface area (Å²) in [6.07, 6.45) is 1.39. The molecule has 0 saturated heterocycles. The molecule has 0 atom stereocenters. The Morgan fingerprint density at radius 3 is 2.73 bits per heavy atom. The first kappa shape index (κ1) is 10.8. The SMILES string of the molecule is Cc1sc(-c2ncc(C(=O)O)s2)cc1Br. The van der Waals surface area contributed by atoms with E-state index in [2.05, 4.69) is 20.9 Å². The molecule has 2 heterocycles. The summed E-state index contributed by atoms with van der Waals surface area (Å²) >= 11 is 6.22. The van der Waals surface area contributed by atoms with Crippen molar-refractivity contribution in [3.63, 3.8) is 0 Å². The van der Waals surface area contributed by atoms with E-state index in [9.17, 15) is 4.79 Å². The van der Waals surface area contributed by atoms with E-state index in [0.717, 1.165) is 19.2 Å². The number of thiazole rings is 1. The van der Waals surface area contributed by atoms with Crippen molar-refractivity contribution < 1.29 is 9.90 Å². The second-order valence-corrected chi connectivity index (χ2v) is 5.99. The summed E-state index contributed by atoms with van der Waals surface area (Å²) in [4.78, 5) is 17.2. The normalized spacial score (nSPS) is 10.5. The van der Waals surface area contributed by atoms with Crippen molar-refractivity contribution in [2.45, 2.75) is 6.92 Å². The van der Waals surface area contributed by atoms with Crippen LogP contribution in [0.4, 0.5) is 0 Å². The minimum Gasteiger partial charge on any atom is -0.477 e. The fourth-order valence-electron chi connectivity index (χ4n) is 1.05. The third-order valence-electron chi connectivity index (χ3n) is 1.78. The highest BCUT2D eigenvalue weighted by atomic mass is 79.9. The van der Waals surface area contributed by atoms with Gasteiger partial charge in [-0.1, -0.05) is 0 Å². The molecule has 0 unspecified atom stereocenters. The number of aromatic carboxylic acids is 1. The lowest BCUT2D eigenvalue weighted by Gasteiger charge is -1.85. The van der Waals surface area contributed by atoms with Crippen LogP contribution < -0.4 is 0 Å². The molecule has 0 aliphatic rings. The van der Waals surface area contributed by atoms with Crippen molar-refractivity contribution in [1.29, 1.82) is 0 Å². The highest BCUT2D eigenvalue weighted by Crippen LogP contribution is 2.35. The number of nitrogens with zero attached hydrogens (tertiary/aromatic N) is 1. The van der Waals surface area contributed by atoms with Gasteiger partial charge in [-0.25, -0.2) is 9.78 Å². The third kappa shape index (κ3) is 2.11. The quantitative estimate of drug-likeness (QED) is 0.921. The molecule has 1 N–H and O–H groups in total. The Labute approximate surface area is 103 Å². The molecule has 0 saturated carbocycles. The number of halogens is 1. The molecule has 0 aliphatic heterocycles. The number of carboxylic acids is 1. The summed E-state index contributed by atoms with van der Waals surface area (Å²) in [5.41, 5.74) is 0. The van der Waals surface area contributed by atoms with Gasteiger partial charge in [-0.05, 0) is 28.9 Å². The van der Waals surface area contributed by atoms with Gasteiger partial charge in [0.05, 0.1) is 11.1 Å². The molecule has 0 bridgehead atoms. The molecular formula is C9H6BrNO2S2. The fraction of sp³-hybridized carbons (Fsp3) is 0.111. The van der Waals surface area contributed by atoms with Crippen molar-refractivity contribution in [2.24, 2.45) is 0 Å². The molecule has 0 fully saturated rings. The second kappa shape index (κ2) is 4.03. The lowest BCUT2D eigenvalue weighted by Crippen LogP contribution is -1.89. The molecule has 6 heteroatoms. The number of rotatable bonds is 2. The Balaban J connectivity index is 2.41. The minimum atomic E-state index is -0.925. The molecule has 3 nitrogen and oxygen atoms in total. The maximum atomic E-state index is 10.7. The molecule has 0 aromatic carbocycles. The van der Waals surface area contributed by atoms with Crippen molar-refractivity contribution >= 4 is 44.6 Å². The number of hydrogen-bond acceptors (Lipinski definition) is 4. The van der Waals surface area contributed by atoms with Crippen LogP contribution >= 0.6 is 38.6 Å². The van der Waals surface area contributed by atoms with Crippen molar-refractivity contribution in [3.8, 4) is 9.88 Å². The van der Waals surface area contributed by atoms with Crippen molar-refractivity contribution in [2.75, 3.05) is 0 Å². The number of carboxylic acid groups (broad SMARTS) is 1. The van der Waals surface area contributed by atoms with Crippen LogP contribution in [-0.4, -0.2) is 16.1 Å². The van der Waals surface area contributed by atoms with Crippen molar-refractivity contribution in [3.05, 3.63) is 26.5 Å². The molecule has 15 heavy (non-hydrogen) atoms. The van der Waals surface area contributed by atoms with E-state index in [-0.39, 0.29) is 4.88 Å². The van der Waals surface area contributed by atoms with Gasteiger partial charge in [0.2, 0.25) is 0 Å². The van der Waals surface area contributed by atoms with E-state index in [1.807, 2.05) is 13.0 Å². The topological polar surface area (TPSA) is 50.2 Å². The Kier molecular flexibility index (Phi) is 2.90. The molecule has 2 aromatic heterocycles. The van der Waals surface area contributed by atoms with Gasteiger partial charge in [-0.2, -0.15) is 0 Å². The Bertz CT molecular complexity index is 498. The maximum absolute atomic E-state index is 10.7. The zero-order chi connectivity index (χ0) is 11.0. The lowest BCUT2D eigenvalue weighted by atomic mass is 10.4. The number of aromatic nitrogens is 1. The van der Waals surface area contributed by atoms with Gasteiger partial charge in [-0.15, -0.1) is 22.7 Å². The van der Waals surface area contributed by atoms with Crippen LogP contribution in [0, 0.1) is 6.92 Å². The van der Waals surface area contributed by atoms with Gasteiger partial charge in [0, 0.05) is 9.35 Å². The van der Waals surface area contributed by atoms with E-state index in [1.165, 1.54) is 17.5 Å². The molecule has 0 radical (unpaired) electrons. The Morgan fingerprint density at radius 2 is 2.27 bits per heavy atom. The van der Waals surface area contributed by atoms with E-state index in [0.29, 0.717) is 0 Å². The highest BCUT2D eigenvalue weighted by Gasteiger charge is 2.12. The average molecular weight is 304 g/mol. The van der Waals surface area contributed by atoms with E-state index in [1.54, 1.807) is 11.3 Å². The van der Waals surface area contributed by atoms with Crippen LogP contribution in [0.5, 0.6) is 0 Å². The average Bonchev–Trinajstić information content (AvgIpc) is 2.74. The molecule has 2 aromatic rings. The predicted octanol–water partition coefficient (Wildman–Crippen LogP) is 3.64. The number of thiophene rings is 1. The zero-order valence-corrected chi connectivity index (χ0v) is 10.9. The maximum Gasteiger partial charge on any atom is 0.347 e. The number of carbonyl (C=O) groups is 1. The lowest BCUT2D eigenvalue weighted by molar-refractivity contribution is 0.0702. The summed E-state index contributed by atoms with van der Waals surface area (Å²) in [5, 5.41) is 9.53. The summed E-state index contributed by atoms with van der Waals surface area (Å²) in [6.45, 7) is 2.00. The molecule has 78 valence electrons. The van der Waals surface area contributed by atoms with Crippen LogP contribution in [0.25, 0.3) is 9.88 Å². The number of hydrogen-bond donors (Lipinski definition) is 1. The summed E-state index contributed by atoms with van der Waals surface area (Å²) in [7, 11) is 0. The fourth-order valence-corrected chi connectivity index (χ4v) is 3.39. The van der Waals surface area contributed by atoms with Crippen LogP contribution in [0.15, 0.2) is 16.7 Å². The number of aryl methyl sites for hydroxylation is 1. The molecular weight excluding hydrogens is 298 g/mol. The first-order valence-electron chi connectivity index (χ1n) is 4.03. The van der Waals surface area contributed by atoms with Gasteiger partial charge in [0.1, 0.15) is 9.88 Å². The van der Waals surface area contributed by atoms with Gasteiger partial charge >= 0.3 is 5.97 Å². The van der Waals surface area contributed by atoms with Crippen LogP contribution in [0.3, 0.4) is 0 Å². The summed E-state index contributed by atoms with van der Waals surface area (Å²) in [6, 6.07) is 1.96. The van der Waals surface area contributed by atoms with Crippen LogP contribution in [0.1, 0.15) is 14.5 Å². The van der Waals surface area contributed by atoms with Crippen LogP contribution in [0.2, 0.25) is 0 Å². The second-order valence-electron chi connectivity index (χ2n) is 2.85. The first-order chi connectivity index (χ1) is 7.08. The highest BCUT2D eigenvalue weighted by molar-refractivity contribution is 9.10. The third-order valence-corrected chi connectivity index (χ3v) is 5.08. The molecule has 0 spiro atoms. The van der Waals surface area contributed by atoms with E-state index < -0.39 is 5.97 Å². The molecule has 0 aliphatic carbocycles. The monoisotopic (exact) mass is 303 g/mol. The largest absolute Gasteiger partial charge is 0.477 e. The standard InChI is InChI=1S/C9H6BrNO2S2/c1-4-5(10)2-6(14-4)8-11-3-7(15-8)9(12)13/h2-3H,1H3,(H,12,13). The van der Waals surface area contributed by atoms with Gasteiger partial charge in [-0.3, -0.25) is 0 Å². The van der Waals surface area contributed by atoms with Crippen LogP contribution in [-0.2, 0) is 0 Å². The summed E-state index contributed by atoms with van der Waals surface area (Å²) in [5.74, 6) is -0.925. The van der Waals surface area contributed by atoms with E-state index in [4.69, 9.17) is 5.11 Å². The Hall–Kier alpha value is -0.720. The van der Waals surface area contributed by atoms with Gasteiger partial charge in [0.15, 0.2) is 0 Å². The van der Waals surface area contributed by atoms with Gasteiger partial charge in [0.25, 0.3) is 0 Å². The molecule has 0 amide bonds. The zero-order valence-electron chi connectivity index (χ0n) is 7.65. The Morgan fingerprint density at radius 1 is 1.53 bits per heavy atom. The first-order valence-corrected chi connectivity index (χ1v) is 6.46. The predicted molar refractivity (Wildman–Crippen MR) is 64.8 cm³/mol. The smallest absolute Gasteiger partial charge is 0.347 e. The van der Waals surface area contributed by atoms with Crippen molar-refractivity contribution in [1.82, 2.24) is 4.98 Å². The van der Waals surface area contributed by atoms with Gasteiger partial charge < -0.3 is 5.11 Å².